The number of benzene rings is 2. The summed E-state index contributed by atoms with van der Waals surface area (Å²) in [6, 6.07) is 8.66. The molecule has 32 heavy (non-hydrogen) atoms. The molecule has 0 bridgehead atoms. The Balaban J connectivity index is 1.84. The van der Waals surface area contributed by atoms with Gasteiger partial charge >= 0.3 is 0 Å². The van der Waals surface area contributed by atoms with E-state index in [4.69, 9.17) is 20.9 Å². The molecule has 0 saturated heterocycles. The first-order valence-electron chi connectivity index (χ1n) is 10.7. The maximum Gasteiger partial charge on any atom is 0.139 e. The van der Waals surface area contributed by atoms with Crippen molar-refractivity contribution >= 4 is 11.5 Å². The van der Waals surface area contributed by atoms with Crippen molar-refractivity contribution in [2.24, 2.45) is 16.1 Å². The highest BCUT2D eigenvalue weighted by Crippen LogP contribution is 2.57. The van der Waals surface area contributed by atoms with Crippen LogP contribution in [0.1, 0.15) is 55.3 Å². The average Bonchev–Trinajstić information content (AvgIpc) is 3.04. The number of amidine groups is 1. The van der Waals surface area contributed by atoms with Crippen molar-refractivity contribution in [2.75, 3.05) is 7.11 Å². The zero-order chi connectivity index (χ0) is 23.0. The van der Waals surface area contributed by atoms with Crippen LogP contribution in [-0.4, -0.2) is 24.8 Å². The second-order valence-corrected chi connectivity index (χ2v) is 8.89. The van der Waals surface area contributed by atoms with Gasteiger partial charge in [0.25, 0.3) is 0 Å². The van der Waals surface area contributed by atoms with Gasteiger partial charge in [-0.2, -0.15) is 5.26 Å². The van der Waals surface area contributed by atoms with Gasteiger partial charge in [-0.15, -0.1) is 0 Å². The topological polar surface area (TPSA) is 95.2 Å². The molecule has 0 aliphatic heterocycles. The molecule has 5 nitrogen and oxygen atoms in total. The predicted octanol–water partition coefficient (Wildman–Crippen LogP) is 5.07. The number of hydrogen-bond donors (Lipinski definition) is 2. The Hall–Kier alpha value is -3.11. The third-order valence-corrected chi connectivity index (χ3v) is 6.90. The molecule has 0 amide bonds. The number of fused-ring (bicyclic) bond motifs is 1. The fourth-order valence-electron chi connectivity index (χ4n) is 5.17. The van der Waals surface area contributed by atoms with Gasteiger partial charge in [0.05, 0.1) is 29.5 Å². The van der Waals surface area contributed by atoms with E-state index in [2.05, 4.69) is 0 Å². The Morgan fingerprint density at radius 2 is 1.94 bits per heavy atom. The molecule has 2 aliphatic carbocycles. The van der Waals surface area contributed by atoms with E-state index in [9.17, 15) is 9.65 Å². The molecule has 2 aromatic rings. The second-order valence-electron chi connectivity index (χ2n) is 8.89. The van der Waals surface area contributed by atoms with Gasteiger partial charge in [0.2, 0.25) is 0 Å². The summed E-state index contributed by atoms with van der Waals surface area (Å²) < 4.78 is 34.8. The first-order chi connectivity index (χ1) is 15.3. The molecule has 1 spiro atoms. The van der Waals surface area contributed by atoms with Crippen molar-refractivity contribution in [2.45, 2.75) is 51.2 Å². The molecule has 0 aromatic heterocycles. The van der Waals surface area contributed by atoms with E-state index in [0.29, 0.717) is 12.0 Å². The molecular formula is C25H26F2N4O. The van der Waals surface area contributed by atoms with Crippen molar-refractivity contribution < 1.29 is 13.5 Å². The summed E-state index contributed by atoms with van der Waals surface area (Å²) in [5, 5.41) is 17.1. The van der Waals surface area contributed by atoms with Crippen LogP contribution in [0.5, 0.6) is 0 Å². The van der Waals surface area contributed by atoms with Gasteiger partial charge in [-0.3, -0.25) is 4.99 Å². The smallest absolute Gasteiger partial charge is 0.139 e. The van der Waals surface area contributed by atoms with Gasteiger partial charge in [-0.1, -0.05) is 0 Å². The summed E-state index contributed by atoms with van der Waals surface area (Å²) in [6.07, 6.45) is 4.33. The lowest BCUT2D eigenvalue weighted by molar-refractivity contribution is 0.0211. The first-order valence-corrected chi connectivity index (χ1v) is 10.7. The number of rotatable bonds is 4. The van der Waals surface area contributed by atoms with Gasteiger partial charge in [0.1, 0.15) is 17.5 Å². The van der Waals surface area contributed by atoms with Gasteiger partial charge in [-0.25, -0.2) is 8.78 Å². The number of halogens is 2. The normalized spacial score (nSPS) is 24.9. The van der Waals surface area contributed by atoms with Gasteiger partial charge in [0.15, 0.2) is 0 Å². The molecule has 2 aliphatic rings. The minimum absolute atomic E-state index is 0.132. The summed E-state index contributed by atoms with van der Waals surface area (Å²) >= 11 is 0. The molecule has 3 N–H and O–H groups in total. The van der Waals surface area contributed by atoms with Crippen molar-refractivity contribution in [1.82, 2.24) is 0 Å². The summed E-state index contributed by atoms with van der Waals surface area (Å²) in [5.74, 6) is -0.883. The lowest BCUT2D eigenvalue weighted by Gasteiger charge is -2.40. The number of methoxy groups -OCH3 is 1. The molecule has 2 aromatic carbocycles. The maximum atomic E-state index is 15.2. The number of aliphatic imine (C=N–C) groups is 1. The van der Waals surface area contributed by atoms with Crippen molar-refractivity contribution in [3.05, 3.63) is 58.7 Å². The van der Waals surface area contributed by atoms with Crippen LogP contribution in [0.25, 0.3) is 11.1 Å². The lowest BCUT2D eigenvalue weighted by Crippen LogP contribution is -2.35. The van der Waals surface area contributed by atoms with Crippen LogP contribution < -0.4 is 5.73 Å². The van der Waals surface area contributed by atoms with Gasteiger partial charge < -0.3 is 15.9 Å². The largest absolute Gasteiger partial charge is 0.382 e. The van der Waals surface area contributed by atoms with E-state index >= 15 is 4.39 Å². The monoisotopic (exact) mass is 436 g/mol. The van der Waals surface area contributed by atoms with E-state index in [-0.39, 0.29) is 40.2 Å². The van der Waals surface area contributed by atoms with Crippen LogP contribution >= 0.6 is 0 Å². The first kappa shape index (κ1) is 22.1. The third kappa shape index (κ3) is 3.91. The summed E-state index contributed by atoms with van der Waals surface area (Å²) in [4.78, 5) is 4.74. The second kappa shape index (κ2) is 8.44. The minimum Gasteiger partial charge on any atom is -0.382 e. The summed E-state index contributed by atoms with van der Waals surface area (Å²) in [6.45, 7) is 1.59. The van der Waals surface area contributed by atoms with Crippen LogP contribution in [0.4, 0.5) is 8.78 Å². The Bertz CT molecular complexity index is 1140. The SMILES string of the molecule is COC1CCC2(CC1)Cc1cc(F)c(-c3cc(F)cc(C#N)c3)cc1C2N=C(N)C(C)=N. The Labute approximate surface area is 186 Å². The number of nitriles is 1. The number of nitrogens with zero attached hydrogens (tertiary/aromatic N) is 2. The standard InChI is InChI=1S/C25H26F2N4O/c1-14(29)24(30)31-23-21-11-20(16-7-15(13-28)8-18(26)9-16)22(27)10-17(21)12-25(23)5-3-19(32-2)4-6-25/h7-11,19,23,29H,3-6,12H2,1-2H3,(H2,30,31). The minimum atomic E-state index is -0.591. The third-order valence-electron chi connectivity index (χ3n) is 6.90. The molecule has 1 atom stereocenters. The van der Waals surface area contributed by atoms with Gasteiger partial charge in [0, 0.05) is 18.1 Å². The highest BCUT2D eigenvalue weighted by Gasteiger charge is 2.48. The zero-order valence-electron chi connectivity index (χ0n) is 18.2. The van der Waals surface area contributed by atoms with Crippen molar-refractivity contribution in [3.63, 3.8) is 0 Å². The lowest BCUT2D eigenvalue weighted by atomic mass is 9.68. The predicted molar refractivity (Wildman–Crippen MR) is 120 cm³/mol. The molecule has 0 radical (unpaired) electrons. The van der Waals surface area contributed by atoms with Crippen LogP contribution in [0.15, 0.2) is 35.3 Å². The highest BCUT2D eigenvalue weighted by molar-refractivity contribution is 6.38. The summed E-state index contributed by atoms with van der Waals surface area (Å²) in [5.41, 5.74) is 8.43. The van der Waals surface area contributed by atoms with Crippen LogP contribution in [-0.2, 0) is 11.2 Å². The van der Waals surface area contributed by atoms with E-state index in [1.165, 1.54) is 18.2 Å². The van der Waals surface area contributed by atoms with Gasteiger partial charge in [-0.05, 0) is 86.1 Å². The number of hydrogen-bond acceptors (Lipinski definition) is 4. The van der Waals surface area contributed by atoms with Crippen molar-refractivity contribution in [1.29, 1.82) is 10.7 Å². The molecule has 1 saturated carbocycles. The number of ether oxygens (including phenoxy) is 1. The fourth-order valence-corrected chi connectivity index (χ4v) is 5.17. The number of nitrogens with two attached hydrogens (primary N) is 1. The Morgan fingerprint density at radius 3 is 2.56 bits per heavy atom. The maximum absolute atomic E-state index is 15.2. The van der Waals surface area contributed by atoms with Crippen LogP contribution in [0.3, 0.4) is 0 Å². The highest BCUT2D eigenvalue weighted by atomic mass is 19.1. The zero-order valence-corrected chi connectivity index (χ0v) is 18.2. The Morgan fingerprint density at radius 1 is 1.22 bits per heavy atom. The molecule has 1 unspecified atom stereocenters. The van der Waals surface area contributed by atoms with Crippen LogP contribution in [0, 0.1) is 33.8 Å². The molecule has 0 heterocycles. The molecular weight excluding hydrogens is 410 g/mol. The van der Waals surface area contributed by atoms with E-state index in [1.54, 1.807) is 20.1 Å². The summed E-state index contributed by atoms with van der Waals surface area (Å²) in [7, 11) is 1.72. The molecule has 166 valence electrons. The van der Waals surface area contributed by atoms with E-state index < -0.39 is 11.6 Å². The molecule has 1 fully saturated rings. The van der Waals surface area contributed by atoms with E-state index in [1.807, 2.05) is 6.07 Å². The molecule has 7 heteroatoms. The average molecular weight is 437 g/mol. The van der Waals surface area contributed by atoms with Crippen molar-refractivity contribution in [3.8, 4) is 17.2 Å². The van der Waals surface area contributed by atoms with E-state index in [0.717, 1.165) is 42.9 Å². The number of nitrogens with one attached hydrogen (secondary N) is 1. The Kier molecular flexibility index (Phi) is 5.83. The van der Waals surface area contributed by atoms with Crippen LogP contribution in [0.2, 0.25) is 0 Å². The molecule has 4 rings (SSSR count). The quantitative estimate of drug-likeness (QED) is 0.517. The fraction of sp³-hybridized carbons (Fsp3) is 0.400.